The van der Waals surface area contributed by atoms with Crippen LogP contribution < -0.4 is 15.1 Å². The Morgan fingerprint density at radius 2 is 1.86 bits per heavy atom. The Morgan fingerprint density at radius 3 is 2.66 bits per heavy atom. The van der Waals surface area contributed by atoms with Crippen LogP contribution in [0.15, 0.2) is 45.6 Å². The molecule has 0 radical (unpaired) electrons. The highest BCUT2D eigenvalue weighted by Crippen LogP contribution is 2.35. The number of benzene rings is 2. The molecule has 1 aliphatic heterocycles. The van der Waals surface area contributed by atoms with Gasteiger partial charge in [0.05, 0.1) is 11.1 Å². The SMILES string of the molecule is CCCCN(C)Cc1c(O)ccc2cc(-c3ccc4c(c3)OCCO4)c(=O)oc12. The van der Waals surface area contributed by atoms with Crippen LogP contribution in [0.5, 0.6) is 17.2 Å². The number of hydrogen-bond donors (Lipinski definition) is 1. The molecule has 2 heterocycles. The second-order valence-electron chi connectivity index (χ2n) is 7.38. The van der Waals surface area contributed by atoms with E-state index in [1.54, 1.807) is 24.3 Å². The Hall–Kier alpha value is -2.99. The lowest BCUT2D eigenvalue weighted by Gasteiger charge is -2.19. The lowest BCUT2D eigenvalue weighted by molar-refractivity contribution is 0.171. The predicted molar refractivity (Wildman–Crippen MR) is 112 cm³/mol. The molecular weight excluding hydrogens is 370 g/mol. The molecule has 29 heavy (non-hydrogen) atoms. The van der Waals surface area contributed by atoms with Crippen LogP contribution in [0.4, 0.5) is 0 Å². The van der Waals surface area contributed by atoms with Gasteiger partial charge in [0.1, 0.15) is 24.5 Å². The Labute approximate surface area is 169 Å². The van der Waals surface area contributed by atoms with Crippen molar-refractivity contribution in [3.63, 3.8) is 0 Å². The molecule has 3 aromatic rings. The molecule has 1 aromatic heterocycles. The molecule has 1 aliphatic rings. The number of rotatable bonds is 6. The van der Waals surface area contributed by atoms with Gasteiger partial charge in [0.2, 0.25) is 0 Å². The average Bonchev–Trinajstić information content (AvgIpc) is 2.74. The summed E-state index contributed by atoms with van der Waals surface area (Å²) in [5, 5.41) is 11.1. The van der Waals surface area contributed by atoms with Gasteiger partial charge < -0.3 is 23.9 Å². The van der Waals surface area contributed by atoms with Crippen molar-refractivity contribution in [3.05, 3.63) is 52.4 Å². The summed E-state index contributed by atoms with van der Waals surface area (Å²) >= 11 is 0. The van der Waals surface area contributed by atoms with Gasteiger partial charge in [-0.3, -0.25) is 0 Å². The lowest BCUT2D eigenvalue weighted by atomic mass is 10.0. The van der Waals surface area contributed by atoms with Crippen molar-refractivity contribution in [2.45, 2.75) is 26.3 Å². The molecule has 0 spiro atoms. The molecule has 6 heteroatoms. The zero-order valence-electron chi connectivity index (χ0n) is 16.7. The fraction of sp³-hybridized carbons (Fsp3) is 0.348. The summed E-state index contributed by atoms with van der Waals surface area (Å²) in [4.78, 5) is 14.9. The smallest absolute Gasteiger partial charge is 0.344 e. The van der Waals surface area contributed by atoms with Crippen LogP contribution in [0.25, 0.3) is 22.1 Å². The number of hydrogen-bond acceptors (Lipinski definition) is 6. The number of phenols is 1. The number of phenolic OH excluding ortho intramolecular Hbond substituents is 1. The van der Waals surface area contributed by atoms with Crippen LogP contribution in [0.3, 0.4) is 0 Å². The second-order valence-corrected chi connectivity index (χ2v) is 7.38. The minimum Gasteiger partial charge on any atom is -0.507 e. The van der Waals surface area contributed by atoms with Gasteiger partial charge in [0.15, 0.2) is 11.5 Å². The van der Waals surface area contributed by atoms with Gasteiger partial charge in [-0.1, -0.05) is 19.4 Å². The van der Waals surface area contributed by atoms with E-state index >= 15 is 0 Å². The molecular formula is C23H25NO5. The van der Waals surface area contributed by atoms with Crippen molar-refractivity contribution in [3.8, 4) is 28.4 Å². The summed E-state index contributed by atoms with van der Waals surface area (Å²) in [6.07, 6.45) is 2.17. The summed E-state index contributed by atoms with van der Waals surface area (Å²) < 4.78 is 16.9. The number of nitrogens with zero attached hydrogens (tertiary/aromatic N) is 1. The third kappa shape index (κ3) is 3.93. The molecule has 0 unspecified atom stereocenters. The Kier molecular flexibility index (Phi) is 5.45. The van der Waals surface area contributed by atoms with Crippen LogP contribution in [0, 0.1) is 0 Å². The minimum absolute atomic E-state index is 0.135. The number of fused-ring (bicyclic) bond motifs is 2. The third-order valence-electron chi connectivity index (χ3n) is 5.16. The van der Waals surface area contributed by atoms with E-state index in [4.69, 9.17) is 13.9 Å². The Morgan fingerprint density at radius 1 is 1.07 bits per heavy atom. The topological polar surface area (TPSA) is 72.1 Å². The first kappa shape index (κ1) is 19.3. The molecule has 4 rings (SSSR count). The monoisotopic (exact) mass is 395 g/mol. The van der Waals surface area contributed by atoms with Gasteiger partial charge in [0, 0.05) is 11.9 Å². The number of aromatic hydroxyl groups is 1. The van der Waals surface area contributed by atoms with Gasteiger partial charge in [-0.05, 0) is 55.9 Å². The first-order valence-electron chi connectivity index (χ1n) is 9.94. The van der Waals surface area contributed by atoms with Crippen LogP contribution in [0.2, 0.25) is 0 Å². The van der Waals surface area contributed by atoms with E-state index in [0.29, 0.717) is 53.5 Å². The van der Waals surface area contributed by atoms with Crippen LogP contribution >= 0.6 is 0 Å². The quantitative estimate of drug-likeness (QED) is 0.632. The molecule has 152 valence electrons. The largest absolute Gasteiger partial charge is 0.507 e. The second kappa shape index (κ2) is 8.17. The van der Waals surface area contributed by atoms with Crippen molar-refractivity contribution in [2.75, 3.05) is 26.8 Å². The lowest BCUT2D eigenvalue weighted by Crippen LogP contribution is -2.19. The van der Waals surface area contributed by atoms with Crippen LogP contribution in [0.1, 0.15) is 25.3 Å². The Balaban J connectivity index is 1.74. The van der Waals surface area contributed by atoms with Gasteiger partial charge in [-0.2, -0.15) is 0 Å². The molecule has 0 saturated heterocycles. The predicted octanol–water partition coefficient (Wildman–Crippen LogP) is 4.17. The molecule has 0 amide bonds. The minimum atomic E-state index is -0.447. The molecule has 0 saturated carbocycles. The van der Waals surface area contributed by atoms with Crippen molar-refractivity contribution >= 4 is 11.0 Å². The van der Waals surface area contributed by atoms with Gasteiger partial charge in [-0.15, -0.1) is 0 Å². The molecule has 0 bridgehead atoms. The van der Waals surface area contributed by atoms with Crippen molar-refractivity contribution in [1.29, 1.82) is 0 Å². The van der Waals surface area contributed by atoms with Crippen molar-refractivity contribution < 1.29 is 19.0 Å². The summed E-state index contributed by atoms with van der Waals surface area (Å²) in [6, 6.07) is 10.7. The van der Waals surface area contributed by atoms with E-state index < -0.39 is 5.63 Å². The van der Waals surface area contributed by atoms with E-state index in [0.717, 1.165) is 24.8 Å². The number of unbranched alkanes of at least 4 members (excludes halogenated alkanes) is 1. The third-order valence-corrected chi connectivity index (χ3v) is 5.16. The van der Waals surface area contributed by atoms with Crippen LogP contribution in [-0.2, 0) is 6.54 Å². The van der Waals surface area contributed by atoms with E-state index in [-0.39, 0.29) is 5.75 Å². The van der Waals surface area contributed by atoms with Gasteiger partial charge in [-0.25, -0.2) is 4.79 Å². The number of ether oxygens (including phenoxy) is 2. The standard InChI is InChI=1S/C23H25NO5/c1-3-4-9-24(2)14-18-19(25)7-5-16-12-17(23(26)29-22(16)18)15-6-8-20-21(13-15)28-11-10-27-20/h5-8,12-13,25H,3-4,9-11,14H2,1-2H3. The Bertz CT molecular complexity index is 1090. The molecule has 0 atom stereocenters. The first-order valence-corrected chi connectivity index (χ1v) is 9.94. The molecule has 1 N–H and O–H groups in total. The normalized spacial score (nSPS) is 13.2. The van der Waals surface area contributed by atoms with Gasteiger partial charge >= 0.3 is 5.63 Å². The molecule has 6 nitrogen and oxygen atoms in total. The van der Waals surface area contributed by atoms with E-state index in [1.807, 2.05) is 19.2 Å². The van der Waals surface area contributed by atoms with E-state index in [9.17, 15) is 9.90 Å². The molecule has 0 aliphatic carbocycles. The summed E-state index contributed by atoms with van der Waals surface area (Å²) in [6.45, 7) is 4.56. The zero-order valence-corrected chi connectivity index (χ0v) is 16.7. The fourth-order valence-corrected chi connectivity index (χ4v) is 3.57. The maximum atomic E-state index is 12.8. The highest BCUT2D eigenvalue weighted by Gasteiger charge is 2.17. The van der Waals surface area contributed by atoms with E-state index in [1.165, 1.54) is 0 Å². The maximum Gasteiger partial charge on any atom is 0.344 e. The molecule has 2 aromatic carbocycles. The highest BCUT2D eigenvalue weighted by atomic mass is 16.6. The maximum absolute atomic E-state index is 12.8. The zero-order chi connectivity index (χ0) is 20.4. The van der Waals surface area contributed by atoms with Crippen molar-refractivity contribution in [2.24, 2.45) is 0 Å². The average molecular weight is 395 g/mol. The van der Waals surface area contributed by atoms with Gasteiger partial charge in [0.25, 0.3) is 0 Å². The first-order chi connectivity index (χ1) is 14.1. The van der Waals surface area contributed by atoms with Crippen molar-refractivity contribution in [1.82, 2.24) is 4.90 Å². The summed E-state index contributed by atoms with van der Waals surface area (Å²) in [7, 11) is 2.00. The summed E-state index contributed by atoms with van der Waals surface area (Å²) in [5.41, 5.74) is 1.77. The van der Waals surface area contributed by atoms with Crippen LogP contribution in [-0.4, -0.2) is 36.8 Å². The highest BCUT2D eigenvalue weighted by molar-refractivity contribution is 5.86. The van der Waals surface area contributed by atoms with E-state index in [2.05, 4.69) is 11.8 Å². The fourth-order valence-electron chi connectivity index (χ4n) is 3.57. The summed E-state index contributed by atoms with van der Waals surface area (Å²) in [5.74, 6) is 1.43. The molecule has 0 fully saturated rings.